The Hall–Kier alpha value is -1.75. The molecule has 30 heavy (non-hydrogen) atoms. The molecule has 6 atom stereocenters. The molecular weight excluding hydrogens is 418 g/mol. The lowest BCUT2D eigenvalue weighted by molar-refractivity contribution is -0.294. The number of carboxylic acid groups (broad SMARTS) is 1. The Balaban J connectivity index is 2.22. The van der Waals surface area contributed by atoms with E-state index in [1.165, 1.54) is 4.90 Å². The summed E-state index contributed by atoms with van der Waals surface area (Å²) in [6.45, 7) is 5.41. The predicted molar refractivity (Wildman–Crippen MR) is 108 cm³/mol. The molecule has 1 heterocycles. The van der Waals surface area contributed by atoms with E-state index in [-0.39, 0.29) is 18.4 Å². The minimum atomic E-state index is -1.80. The van der Waals surface area contributed by atoms with Gasteiger partial charge in [0.2, 0.25) is 5.91 Å². The molecule has 1 amide bonds. The molecule has 1 aromatic carbocycles. The molecular formula is C20H28ClNO8. The number of carbonyl (C=O) groups excluding carboxylic acids is 1. The SMILES string of the molecule is CCc1cccc(C)c1N(C(=O)CCl)[C@@H](C)CO[C@@H]1O[C@H](C(=O)O)[C@@H](O)[C@H](O)[C@H]1O. The van der Waals surface area contributed by atoms with Gasteiger partial charge < -0.3 is 34.8 Å². The van der Waals surface area contributed by atoms with Crippen LogP contribution in [-0.4, -0.2) is 81.5 Å². The second kappa shape index (κ2) is 10.5. The Morgan fingerprint density at radius 3 is 2.47 bits per heavy atom. The van der Waals surface area contributed by atoms with Crippen LogP contribution in [0.5, 0.6) is 0 Å². The van der Waals surface area contributed by atoms with Crippen LogP contribution in [0.15, 0.2) is 18.2 Å². The van der Waals surface area contributed by atoms with E-state index in [0.29, 0.717) is 12.1 Å². The zero-order valence-electron chi connectivity index (χ0n) is 17.1. The maximum Gasteiger partial charge on any atom is 0.335 e. The first kappa shape index (κ1) is 24.5. The topological polar surface area (TPSA) is 137 Å². The van der Waals surface area contributed by atoms with E-state index >= 15 is 0 Å². The fourth-order valence-corrected chi connectivity index (χ4v) is 3.63. The Bertz CT molecular complexity index is 760. The van der Waals surface area contributed by atoms with Gasteiger partial charge in [-0.2, -0.15) is 0 Å². The number of rotatable bonds is 8. The van der Waals surface area contributed by atoms with Crippen LogP contribution >= 0.6 is 11.6 Å². The molecule has 168 valence electrons. The number of hydrogen-bond donors (Lipinski definition) is 4. The summed E-state index contributed by atoms with van der Waals surface area (Å²) in [6.07, 6.45) is -7.79. The summed E-state index contributed by atoms with van der Waals surface area (Å²) < 4.78 is 10.6. The highest BCUT2D eigenvalue weighted by Crippen LogP contribution is 2.29. The molecule has 4 N–H and O–H groups in total. The average Bonchev–Trinajstić information content (AvgIpc) is 2.72. The van der Waals surface area contributed by atoms with Gasteiger partial charge in [0, 0.05) is 0 Å². The third-order valence-electron chi connectivity index (χ3n) is 5.08. The number of hydrogen-bond acceptors (Lipinski definition) is 7. The summed E-state index contributed by atoms with van der Waals surface area (Å²) >= 11 is 5.83. The van der Waals surface area contributed by atoms with Crippen molar-refractivity contribution in [3.8, 4) is 0 Å². The maximum absolute atomic E-state index is 12.6. The molecule has 1 saturated heterocycles. The van der Waals surface area contributed by atoms with Crippen molar-refractivity contribution in [2.75, 3.05) is 17.4 Å². The van der Waals surface area contributed by atoms with Crippen LogP contribution in [0.4, 0.5) is 5.69 Å². The molecule has 0 aromatic heterocycles. The number of benzene rings is 1. The fourth-order valence-electron chi connectivity index (χ4n) is 3.50. The number of aliphatic hydroxyl groups is 3. The van der Waals surface area contributed by atoms with Gasteiger partial charge in [-0.1, -0.05) is 25.1 Å². The number of nitrogens with zero attached hydrogens (tertiary/aromatic N) is 1. The van der Waals surface area contributed by atoms with Crippen molar-refractivity contribution in [2.24, 2.45) is 0 Å². The predicted octanol–water partition coefficient (Wildman–Crippen LogP) is 0.427. The van der Waals surface area contributed by atoms with Gasteiger partial charge >= 0.3 is 5.97 Å². The largest absolute Gasteiger partial charge is 0.479 e. The van der Waals surface area contributed by atoms with Crippen LogP contribution in [0.3, 0.4) is 0 Å². The van der Waals surface area contributed by atoms with E-state index in [4.69, 9.17) is 26.2 Å². The monoisotopic (exact) mass is 445 g/mol. The minimum absolute atomic E-state index is 0.142. The summed E-state index contributed by atoms with van der Waals surface area (Å²) in [4.78, 5) is 25.4. The first-order valence-electron chi connectivity index (χ1n) is 9.64. The summed E-state index contributed by atoms with van der Waals surface area (Å²) in [5.41, 5.74) is 2.53. The van der Waals surface area contributed by atoms with Crippen molar-refractivity contribution >= 4 is 29.2 Å². The van der Waals surface area contributed by atoms with Crippen molar-refractivity contribution in [3.05, 3.63) is 29.3 Å². The number of halogens is 1. The lowest BCUT2D eigenvalue weighted by Gasteiger charge is -2.39. The Labute approximate surface area is 179 Å². The quantitative estimate of drug-likeness (QED) is 0.423. The van der Waals surface area contributed by atoms with Gasteiger partial charge in [0.05, 0.1) is 18.3 Å². The Morgan fingerprint density at radius 1 is 1.23 bits per heavy atom. The number of ether oxygens (including phenoxy) is 2. The Kier molecular flexibility index (Phi) is 8.60. The first-order valence-corrected chi connectivity index (χ1v) is 10.2. The summed E-state index contributed by atoms with van der Waals surface area (Å²) in [5, 5.41) is 38.9. The highest BCUT2D eigenvalue weighted by molar-refractivity contribution is 6.29. The average molecular weight is 446 g/mol. The number of carboxylic acids is 1. The molecule has 0 spiro atoms. The molecule has 1 fully saturated rings. The smallest absolute Gasteiger partial charge is 0.335 e. The number of anilines is 1. The molecule has 10 heteroatoms. The van der Waals surface area contributed by atoms with E-state index < -0.39 is 42.7 Å². The van der Waals surface area contributed by atoms with E-state index in [0.717, 1.165) is 11.1 Å². The summed E-state index contributed by atoms with van der Waals surface area (Å²) in [5.74, 6) is -2.10. The second-order valence-corrected chi connectivity index (χ2v) is 7.52. The normalized spacial score (nSPS) is 27.5. The highest BCUT2D eigenvalue weighted by atomic mass is 35.5. The Morgan fingerprint density at radius 2 is 1.90 bits per heavy atom. The molecule has 0 radical (unpaired) electrons. The molecule has 0 aliphatic carbocycles. The number of carbonyl (C=O) groups is 2. The van der Waals surface area contributed by atoms with E-state index in [9.17, 15) is 24.9 Å². The minimum Gasteiger partial charge on any atom is -0.479 e. The van der Waals surface area contributed by atoms with Crippen molar-refractivity contribution in [1.82, 2.24) is 0 Å². The van der Waals surface area contributed by atoms with E-state index in [1.807, 2.05) is 32.0 Å². The van der Waals surface area contributed by atoms with Crippen molar-refractivity contribution < 1.29 is 39.5 Å². The third-order valence-corrected chi connectivity index (χ3v) is 5.31. The zero-order chi connectivity index (χ0) is 22.6. The van der Waals surface area contributed by atoms with Gasteiger partial charge in [-0.25, -0.2) is 4.79 Å². The van der Waals surface area contributed by atoms with E-state index in [1.54, 1.807) is 6.92 Å². The van der Waals surface area contributed by atoms with Crippen molar-refractivity contribution in [2.45, 2.75) is 63.9 Å². The van der Waals surface area contributed by atoms with Crippen LogP contribution < -0.4 is 4.90 Å². The summed E-state index contributed by atoms with van der Waals surface area (Å²) in [6, 6.07) is 5.13. The number of aliphatic hydroxyl groups excluding tert-OH is 3. The van der Waals surface area contributed by atoms with E-state index in [2.05, 4.69) is 0 Å². The molecule has 1 aromatic rings. The highest BCUT2D eigenvalue weighted by Gasteiger charge is 2.47. The molecule has 0 saturated carbocycles. The van der Waals surface area contributed by atoms with Gasteiger partial charge in [0.25, 0.3) is 0 Å². The molecule has 2 rings (SSSR count). The van der Waals surface area contributed by atoms with Crippen LogP contribution in [-0.2, 0) is 25.5 Å². The first-order chi connectivity index (χ1) is 14.1. The summed E-state index contributed by atoms with van der Waals surface area (Å²) in [7, 11) is 0. The van der Waals surface area contributed by atoms with Gasteiger partial charge in [0.15, 0.2) is 12.4 Å². The van der Waals surface area contributed by atoms with Crippen LogP contribution in [0.25, 0.3) is 0 Å². The van der Waals surface area contributed by atoms with Gasteiger partial charge in [-0.05, 0) is 31.4 Å². The molecule has 0 bridgehead atoms. The molecule has 1 aliphatic rings. The maximum atomic E-state index is 12.6. The van der Waals surface area contributed by atoms with Gasteiger partial charge in [0.1, 0.15) is 24.2 Å². The van der Waals surface area contributed by atoms with Crippen LogP contribution in [0.1, 0.15) is 25.0 Å². The van der Waals surface area contributed by atoms with Gasteiger partial charge in [-0.15, -0.1) is 11.6 Å². The number of amides is 1. The van der Waals surface area contributed by atoms with Crippen molar-refractivity contribution in [3.63, 3.8) is 0 Å². The van der Waals surface area contributed by atoms with Crippen molar-refractivity contribution in [1.29, 1.82) is 0 Å². The van der Waals surface area contributed by atoms with Gasteiger partial charge in [-0.3, -0.25) is 4.79 Å². The number of para-hydroxylation sites is 1. The number of alkyl halides is 1. The molecule has 9 nitrogen and oxygen atoms in total. The lowest BCUT2D eigenvalue weighted by Crippen LogP contribution is -2.60. The standard InChI is InChI=1S/C20H28ClNO8/c1-4-12-7-5-6-10(2)14(12)22(13(23)8-21)11(3)9-29-20-17(26)15(24)16(25)18(30-20)19(27)28/h5-7,11,15-18,20,24-26H,4,8-9H2,1-3H3,(H,27,28)/t11-,15-,16-,17+,18-,20+/m0/s1. The number of aryl methyl sites for hydroxylation is 2. The van der Waals surface area contributed by atoms with Crippen LogP contribution in [0, 0.1) is 6.92 Å². The second-order valence-electron chi connectivity index (χ2n) is 7.25. The number of aliphatic carboxylic acids is 1. The third kappa shape index (κ3) is 5.11. The lowest BCUT2D eigenvalue weighted by atomic mass is 9.99. The molecule has 0 unspecified atom stereocenters. The van der Waals surface area contributed by atoms with Crippen LogP contribution in [0.2, 0.25) is 0 Å². The fraction of sp³-hybridized carbons (Fsp3) is 0.600. The molecule has 1 aliphatic heterocycles. The zero-order valence-corrected chi connectivity index (χ0v) is 17.8.